The molecule has 9 heteroatoms. The summed E-state index contributed by atoms with van der Waals surface area (Å²) in [5.41, 5.74) is -0.416. The van der Waals surface area contributed by atoms with E-state index in [2.05, 4.69) is 17.6 Å². The molecule has 0 radical (unpaired) electrons. The molecule has 1 heterocycles. The van der Waals surface area contributed by atoms with E-state index in [1.165, 1.54) is 12.1 Å². The molecule has 1 aliphatic rings. The fourth-order valence-corrected chi connectivity index (χ4v) is 2.92. The van der Waals surface area contributed by atoms with Crippen molar-refractivity contribution < 1.29 is 22.8 Å². The van der Waals surface area contributed by atoms with Crippen LogP contribution in [-0.2, 0) is 15.8 Å². The molecule has 0 aliphatic carbocycles. The van der Waals surface area contributed by atoms with Crippen molar-refractivity contribution in [1.29, 1.82) is 0 Å². The summed E-state index contributed by atoms with van der Waals surface area (Å²) in [6.07, 6.45) is -2.39. The molecule has 0 spiro atoms. The first-order chi connectivity index (χ1) is 13.3. The van der Waals surface area contributed by atoms with E-state index in [4.69, 9.17) is 0 Å². The number of carbonyl (C=O) groups excluding carboxylic acids is 2. The number of halogens is 3. The van der Waals surface area contributed by atoms with E-state index in [0.29, 0.717) is 45.0 Å². The molecule has 2 N–H and O–H groups in total. The molecule has 1 fully saturated rings. The zero-order valence-corrected chi connectivity index (χ0v) is 16.0. The standard InChI is InChI=1S/C19H27F3N4O2/c1-2-3-8-23-17(27)13-25-9-11-26(12-10-25)14-18(28)24-16-6-4-15(5-7-16)19(20,21)22/h4-7H,2-3,8-14H2,1H3,(H,23,27)(H,24,28). The van der Waals surface area contributed by atoms with Crippen LogP contribution < -0.4 is 10.6 Å². The quantitative estimate of drug-likeness (QED) is 0.657. The van der Waals surface area contributed by atoms with Crippen molar-refractivity contribution >= 4 is 17.5 Å². The second kappa shape index (κ2) is 10.4. The Labute approximate surface area is 163 Å². The maximum atomic E-state index is 12.6. The lowest BCUT2D eigenvalue weighted by molar-refractivity contribution is -0.137. The van der Waals surface area contributed by atoms with Gasteiger partial charge in [0.15, 0.2) is 0 Å². The van der Waals surface area contributed by atoms with Gasteiger partial charge in [-0.1, -0.05) is 13.3 Å². The number of anilines is 1. The monoisotopic (exact) mass is 400 g/mol. The van der Waals surface area contributed by atoms with Gasteiger partial charge in [-0.25, -0.2) is 0 Å². The molecule has 1 saturated heterocycles. The highest BCUT2D eigenvalue weighted by molar-refractivity contribution is 5.92. The summed E-state index contributed by atoms with van der Waals surface area (Å²) in [6, 6.07) is 4.38. The summed E-state index contributed by atoms with van der Waals surface area (Å²) < 4.78 is 37.7. The normalized spacial score (nSPS) is 16.0. The number of carbonyl (C=O) groups is 2. The molecule has 6 nitrogen and oxygen atoms in total. The molecule has 1 aromatic rings. The second-order valence-corrected chi connectivity index (χ2v) is 6.88. The number of rotatable bonds is 8. The van der Waals surface area contributed by atoms with Gasteiger partial charge in [0.1, 0.15) is 0 Å². The smallest absolute Gasteiger partial charge is 0.355 e. The topological polar surface area (TPSA) is 64.7 Å². The molecule has 2 rings (SSSR count). The molecule has 0 unspecified atom stereocenters. The molecule has 0 saturated carbocycles. The Balaban J connectivity index is 1.69. The van der Waals surface area contributed by atoms with E-state index in [1.54, 1.807) is 0 Å². The Morgan fingerprint density at radius 1 is 0.964 bits per heavy atom. The van der Waals surface area contributed by atoms with Gasteiger partial charge in [-0.2, -0.15) is 13.2 Å². The highest BCUT2D eigenvalue weighted by atomic mass is 19.4. The minimum atomic E-state index is -4.39. The first kappa shape index (κ1) is 22.2. The van der Waals surface area contributed by atoms with Crippen LogP contribution in [0.25, 0.3) is 0 Å². The van der Waals surface area contributed by atoms with Crippen LogP contribution in [0.2, 0.25) is 0 Å². The molecule has 0 aromatic heterocycles. The van der Waals surface area contributed by atoms with E-state index in [-0.39, 0.29) is 18.4 Å². The summed E-state index contributed by atoms with van der Waals surface area (Å²) >= 11 is 0. The number of hydrogen-bond donors (Lipinski definition) is 2. The molecular weight excluding hydrogens is 373 g/mol. The third kappa shape index (κ3) is 7.47. The minimum Gasteiger partial charge on any atom is -0.355 e. The molecule has 2 amide bonds. The van der Waals surface area contributed by atoms with Gasteiger partial charge in [0.2, 0.25) is 11.8 Å². The summed E-state index contributed by atoms with van der Waals surface area (Å²) in [4.78, 5) is 28.0. The van der Waals surface area contributed by atoms with Gasteiger partial charge >= 0.3 is 6.18 Å². The minimum absolute atomic E-state index is 0.0157. The van der Waals surface area contributed by atoms with Gasteiger partial charge in [0.25, 0.3) is 0 Å². The first-order valence-electron chi connectivity index (χ1n) is 9.46. The average molecular weight is 400 g/mol. The maximum Gasteiger partial charge on any atom is 0.416 e. The number of amides is 2. The fraction of sp³-hybridized carbons (Fsp3) is 0.579. The van der Waals surface area contributed by atoms with Gasteiger partial charge in [0, 0.05) is 38.4 Å². The van der Waals surface area contributed by atoms with E-state index in [0.717, 1.165) is 25.0 Å². The molecule has 0 bridgehead atoms. The Kier molecular flexibility index (Phi) is 8.25. The molecule has 28 heavy (non-hydrogen) atoms. The van der Waals surface area contributed by atoms with E-state index in [1.807, 2.05) is 9.80 Å². The van der Waals surface area contributed by atoms with Crippen LogP contribution in [0.5, 0.6) is 0 Å². The Bertz CT molecular complexity index is 642. The van der Waals surface area contributed by atoms with Crippen LogP contribution >= 0.6 is 0 Å². The van der Waals surface area contributed by atoms with Crippen LogP contribution in [0.15, 0.2) is 24.3 Å². The summed E-state index contributed by atoms with van der Waals surface area (Å²) in [5, 5.41) is 5.50. The van der Waals surface area contributed by atoms with Crippen LogP contribution in [0, 0.1) is 0 Å². The number of piperazine rings is 1. The molecule has 156 valence electrons. The van der Waals surface area contributed by atoms with E-state index < -0.39 is 11.7 Å². The maximum absolute atomic E-state index is 12.6. The van der Waals surface area contributed by atoms with Crippen molar-refractivity contribution in [2.45, 2.75) is 25.9 Å². The van der Waals surface area contributed by atoms with Crippen molar-refractivity contribution in [3.8, 4) is 0 Å². The largest absolute Gasteiger partial charge is 0.416 e. The molecule has 1 aliphatic heterocycles. The Hall–Kier alpha value is -2.13. The van der Waals surface area contributed by atoms with Crippen LogP contribution in [-0.4, -0.2) is 67.4 Å². The van der Waals surface area contributed by atoms with Gasteiger partial charge < -0.3 is 10.6 Å². The number of hydrogen-bond acceptors (Lipinski definition) is 4. The molecule has 0 atom stereocenters. The van der Waals surface area contributed by atoms with Crippen molar-refractivity contribution in [3.05, 3.63) is 29.8 Å². The van der Waals surface area contributed by atoms with Crippen LogP contribution in [0.4, 0.5) is 18.9 Å². The first-order valence-corrected chi connectivity index (χ1v) is 9.46. The Morgan fingerprint density at radius 3 is 2.00 bits per heavy atom. The average Bonchev–Trinajstić information content (AvgIpc) is 2.63. The van der Waals surface area contributed by atoms with Crippen molar-refractivity contribution in [3.63, 3.8) is 0 Å². The fourth-order valence-electron chi connectivity index (χ4n) is 2.92. The van der Waals surface area contributed by atoms with Gasteiger partial charge in [-0.15, -0.1) is 0 Å². The number of nitrogens with zero attached hydrogens (tertiary/aromatic N) is 2. The van der Waals surface area contributed by atoms with Gasteiger partial charge in [0.05, 0.1) is 18.7 Å². The lowest BCUT2D eigenvalue weighted by atomic mass is 10.2. The van der Waals surface area contributed by atoms with Crippen molar-refractivity contribution in [2.24, 2.45) is 0 Å². The lowest BCUT2D eigenvalue weighted by Crippen LogP contribution is -2.51. The Morgan fingerprint density at radius 2 is 1.50 bits per heavy atom. The zero-order valence-electron chi connectivity index (χ0n) is 16.0. The lowest BCUT2D eigenvalue weighted by Gasteiger charge is -2.33. The van der Waals surface area contributed by atoms with Gasteiger partial charge in [-0.3, -0.25) is 19.4 Å². The number of unbranched alkanes of at least 4 members (excludes halogenated alkanes) is 1. The highest BCUT2D eigenvalue weighted by Gasteiger charge is 2.30. The molecular formula is C19H27F3N4O2. The molecule has 1 aromatic carbocycles. The SMILES string of the molecule is CCCCNC(=O)CN1CCN(CC(=O)Nc2ccc(C(F)(F)F)cc2)CC1. The van der Waals surface area contributed by atoms with E-state index in [9.17, 15) is 22.8 Å². The predicted octanol–water partition coefficient (Wildman–Crippen LogP) is 2.18. The summed E-state index contributed by atoms with van der Waals surface area (Å²) in [6.45, 7) is 5.97. The van der Waals surface area contributed by atoms with Crippen molar-refractivity contribution in [2.75, 3.05) is 51.1 Å². The number of nitrogens with one attached hydrogen (secondary N) is 2. The highest BCUT2D eigenvalue weighted by Crippen LogP contribution is 2.29. The van der Waals surface area contributed by atoms with Crippen LogP contribution in [0.1, 0.15) is 25.3 Å². The number of alkyl halides is 3. The van der Waals surface area contributed by atoms with Gasteiger partial charge in [-0.05, 0) is 30.7 Å². The third-order valence-electron chi connectivity index (χ3n) is 4.55. The summed E-state index contributed by atoms with van der Waals surface area (Å²) in [5.74, 6) is -0.257. The second-order valence-electron chi connectivity index (χ2n) is 6.88. The zero-order chi connectivity index (χ0) is 20.6. The van der Waals surface area contributed by atoms with Crippen molar-refractivity contribution in [1.82, 2.24) is 15.1 Å². The predicted molar refractivity (Wildman–Crippen MR) is 101 cm³/mol. The number of benzene rings is 1. The third-order valence-corrected chi connectivity index (χ3v) is 4.55. The van der Waals surface area contributed by atoms with E-state index >= 15 is 0 Å². The summed E-state index contributed by atoms with van der Waals surface area (Å²) in [7, 11) is 0. The van der Waals surface area contributed by atoms with Crippen LogP contribution in [0.3, 0.4) is 0 Å².